The van der Waals surface area contributed by atoms with Crippen LogP contribution in [0.2, 0.25) is 0 Å². The smallest absolute Gasteiger partial charge is 0.407 e. The van der Waals surface area contributed by atoms with Gasteiger partial charge >= 0.3 is 12.1 Å². The Morgan fingerprint density at radius 2 is 1.96 bits per heavy atom. The number of nitrogens with one attached hydrogen (secondary N) is 1. The molecule has 2 atom stereocenters. The van der Waals surface area contributed by atoms with Crippen molar-refractivity contribution in [3.63, 3.8) is 0 Å². The summed E-state index contributed by atoms with van der Waals surface area (Å²) in [6, 6.07) is -0.384. The van der Waals surface area contributed by atoms with Crippen molar-refractivity contribution in [2.45, 2.75) is 45.3 Å². The minimum absolute atomic E-state index is 0.141. The number of esters is 1. The molecular weight excluding hydrogens is 300 g/mol. The minimum Gasteiger partial charge on any atom is -0.468 e. The van der Waals surface area contributed by atoms with Crippen molar-refractivity contribution in [2.75, 3.05) is 20.7 Å². The first kappa shape index (κ1) is 19.0. The number of hydrogen-bond donors (Lipinski definition) is 1. The summed E-state index contributed by atoms with van der Waals surface area (Å²) in [6.07, 6.45) is 0.689. The van der Waals surface area contributed by atoms with Crippen LogP contribution >= 0.6 is 0 Å². The van der Waals surface area contributed by atoms with Gasteiger partial charge in [-0.2, -0.15) is 0 Å². The summed E-state index contributed by atoms with van der Waals surface area (Å²) < 4.78 is 9.79. The topological polar surface area (TPSA) is 84.9 Å². The van der Waals surface area contributed by atoms with Gasteiger partial charge < -0.3 is 19.7 Å². The number of carbonyl (C=O) groups is 3. The van der Waals surface area contributed by atoms with Gasteiger partial charge in [0.2, 0.25) is 5.91 Å². The predicted molar refractivity (Wildman–Crippen MR) is 84.7 cm³/mol. The van der Waals surface area contributed by atoms with E-state index in [0.717, 1.165) is 5.57 Å². The van der Waals surface area contributed by atoms with E-state index in [9.17, 15) is 14.4 Å². The average molecular weight is 326 g/mol. The zero-order chi connectivity index (χ0) is 17.8. The zero-order valence-electron chi connectivity index (χ0n) is 14.5. The first-order chi connectivity index (χ1) is 10.5. The number of carbonyl (C=O) groups excluding carboxylic acids is 3. The van der Waals surface area contributed by atoms with Crippen LogP contribution in [0.1, 0.15) is 33.6 Å². The lowest BCUT2D eigenvalue weighted by Gasteiger charge is -2.27. The molecule has 1 rings (SSSR count). The zero-order valence-corrected chi connectivity index (χ0v) is 14.5. The second-order valence-corrected chi connectivity index (χ2v) is 6.70. The van der Waals surface area contributed by atoms with Crippen LogP contribution in [-0.2, 0) is 19.1 Å². The highest BCUT2D eigenvalue weighted by Crippen LogP contribution is 2.31. The SMILES string of the molecule is C=C1CC[C@@H](NC(=O)OC(C)(C)C)[C@H]1C(=O)N(C)CC(=O)OC. The Morgan fingerprint density at radius 1 is 1.35 bits per heavy atom. The van der Waals surface area contributed by atoms with Crippen LogP contribution in [0.4, 0.5) is 4.79 Å². The molecule has 0 saturated heterocycles. The van der Waals surface area contributed by atoms with Crippen molar-refractivity contribution in [3.05, 3.63) is 12.2 Å². The molecule has 0 aromatic heterocycles. The quantitative estimate of drug-likeness (QED) is 0.625. The second-order valence-electron chi connectivity index (χ2n) is 6.70. The van der Waals surface area contributed by atoms with Crippen molar-refractivity contribution in [2.24, 2.45) is 5.92 Å². The fourth-order valence-electron chi connectivity index (χ4n) is 2.48. The van der Waals surface area contributed by atoms with Gasteiger partial charge in [-0.05, 0) is 33.6 Å². The van der Waals surface area contributed by atoms with Gasteiger partial charge in [-0.1, -0.05) is 12.2 Å². The average Bonchev–Trinajstić information content (AvgIpc) is 2.76. The van der Waals surface area contributed by atoms with Crippen molar-refractivity contribution in [1.29, 1.82) is 0 Å². The molecule has 0 bridgehead atoms. The highest BCUT2D eigenvalue weighted by Gasteiger charge is 2.39. The van der Waals surface area contributed by atoms with Crippen molar-refractivity contribution in [1.82, 2.24) is 10.2 Å². The van der Waals surface area contributed by atoms with Gasteiger partial charge in [0.1, 0.15) is 12.1 Å². The molecule has 0 aliphatic heterocycles. The fraction of sp³-hybridized carbons (Fsp3) is 0.688. The maximum Gasteiger partial charge on any atom is 0.407 e. The second kappa shape index (κ2) is 7.48. The molecule has 0 radical (unpaired) electrons. The predicted octanol–water partition coefficient (Wildman–Crippen LogP) is 1.48. The van der Waals surface area contributed by atoms with Gasteiger partial charge in [0.05, 0.1) is 13.0 Å². The molecule has 7 nitrogen and oxygen atoms in total. The summed E-state index contributed by atoms with van der Waals surface area (Å²) in [5.41, 5.74) is 0.133. The molecule has 1 N–H and O–H groups in total. The number of rotatable bonds is 4. The van der Waals surface area contributed by atoms with Crippen molar-refractivity contribution in [3.8, 4) is 0 Å². The molecule has 130 valence electrons. The Labute approximate surface area is 137 Å². The molecule has 0 heterocycles. The lowest BCUT2D eigenvalue weighted by atomic mass is 9.98. The molecule has 0 aromatic rings. The third kappa shape index (κ3) is 5.58. The van der Waals surface area contributed by atoms with E-state index in [-0.39, 0.29) is 18.5 Å². The van der Waals surface area contributed by atoms with E-state index >= 15 is 0 Å². The third-order valence-electron chi connectivity index (χ3n) is 3.56. The van der Waals surface area contributed by atoms with Gasteiger partial charge in [0, 0.05) is 13.1 Å². The van der Waals surface area contributed by atoms with E-state index in [4.69, 9.17) is 4.74 Å². The first-order valence-corrected chi connectivity index (χ1v) is 7.54. The van der Waals surface area contributed by atoms with Crippen LogP contribution in [0.5, 0.6) is 0 Å². The van der Waals surface area contributed by atoms with Crippen LogP contribution in [0.25, 0.3) is 0 Å². The third-order valence-corrected chi connectivity index (χ3v) is 3.56. The first-order valence-electron chi connectivity index (χ1n) is 7.54. The standard InChI is InChI=1S/C16H26N2O5/c1-10-7-8-11(17-15(21)23-16(2,3)4)13(10)14(20)18(5)9-12(19)22-6/h11,13H,1,7-9H2,2-6H3,(H,17,21)/t11-,13+/m1/s1. The Morgan fingerprint density at radius 3 is 2.48 bits per heavy atom. The van der Waals surface area contributed by atoms with E-state index in [1.54, 1.807) is 20.8 Å². The molecule has 0 aromatic carbocycles. The van der Waals surface area contributed by atoms with E-state index in [2.05, 4.69) is 16.6 Å². The van der Waals surface area contributed by atoms with E-state index in [1.807, 2.05) is 0 Å². The maximum atomic E-state index is 12.5. The molecule has 7 heteroatoms. The Balaban J connectivity index is 2.74. The molecule has 2 amide bonds. The summed E-state index contributed by atoms with van der Waals surface area (Å²) in [5.74, 6) is -1.32. The Kier molecular flexibility index (Phi) is 6.18. The van der Waals surface area contributed by atoms with Crippen LogP contribution in [0.15, 0.2) is 12.2 Å². The largest absolute Gasteiger partial charge is 0.468 e. The molecule has 1 fully saturated rings. The molecule has 0 spiro atoms. The molecule has 1 aliphatic carbocycles. The summed E-state index contributed by atoms with van der Waals surface area (Å²) in [7, 11) is 2.79. The highest BCUT2D eigenvalue weighted by molar-refractivity contribution is 5.86. The number of ether oxygens (including phenoxy) is 2. The number of amides is 2. The maximum absolute atomic E-state index is 12.5. The lowest BCUT2D eigenvalue weighted by Crippen LogP contribution is -2.47. The highest BCUT2D eigenvalue weighted by atomic mass is 16.6. The summed E-state index contributed by atoms with van der Waals surface area (Å²) in [4.78, 5) is 37.1. The number of nitrogens with zero attached hydrogens (tertiary/aromatic N) is 1. The normalized spacial score (nSPS) is 20.8. The van der Waals surface area contributed by atoms with Crippen molar-refractivity contribution >= 4 is 18.0 Å². The monoisotopic (exact) mass is 326 g/mol. The van der Waals surface area contributed by atoms with Crippen LogP contribution in [-0.4, -0.2) is 55.2 Å². The Bertz CT molecular complexity index is 495. The van der Waals surface area contributed by atoms with E-state index < -0.39 is 23.6 Å². The summed E-state index contributed by atoms with van der Waals surface area (Å²) in [5, 5.41) is 2.73. The molecule has 1 aliphatic rings. The van der Waals surface area contributed by atoms with E-state index in [0.29, 0.717) is 12.8 Å². The molecular formula is C16H26N2O5. The summed E-state index contributed by atoms with van der Waals surface area (Å²) in [6.45, 7) is 9.09. The van der Waals surface area contributed by atoms with Crippen LogP contribution < -0.4 is 5.32 Å². The Hall–Kier alpha value is -2.05. The van der Waals surface area contributed by atoms with E-state index in [1.165, 1.54) is 19.1 Å². The number of alkyl carbamates (subject to hydrolysis) is 1. The van der Waals surface area contributed by atoms with Gasteiger partial charge in [0.25, 0.3) is 0 Å². The lowest BCUT2D eigenvalue weighted by molar-refractivity contribution is -0.147. The van der Waals surface area contributed by atoms with Gasteiger partial charge in [-0.25, -0.2) is 4.79 Å². The minimum atomic E-state index is -0.610. The van der Waals surface area contributed by atoms with Crippen LogP contribution in [0.3, 0.4) is 0 Å². The van der Waals surface area contributed by atoms with Gasteiger partial charge in [-0.15, -0.1) is 0 Å². The van der Waals surface area contributed by atoms with Gasteiger partial charge in [0.15, 0.2) is 0 Å². The molecule has 23 heavy (non-hydrogen) atoms. The number of hydrogen-bond acceptors (Lipinski definition) is 5. The van der Waals surface area contributed by atoms with Crippen LogP contribution in [0, 0.1) is 5.92 Å². The number of likely N-dealkylation sites (N-methyl/N-ethyl adjacent to an activating group) is 1. The number of methoxy groups -OCH3 is 1. The molecule has 0 unspecified atom stereocenters. The van der Waals surface area contributed by atoms with Crippen molar-refractivity contribution < 1.29 is 23.9 Å². The summed E-state index contributed by atoms with van der Waals surface area (Å²) >= 11 is 0. The molecule has 1 saturated carbocycles. The fourth-order valence-corrected chi connectivity index (χ4v) is 2.48. The van der Waals surface area contributed by atoms with Gasteiger partial charge in [-0.3, -0.25) is 9.59 Å².